The SMILES string of the molecule is Cc1cccc(S(=O)(=O)O)c1C=O. The summed E-state index contributed by atoms with van der Waals surface area (Å²) in [6.45, 7) is 1.60. The van der Waals surface area contributed by atoms with Gasteiger partial charge in [0.15, 0.2) is 6.29 Å². The largest absolute Gasteiger partial charge is 0.298 e. The normalized spacial score (nSPS) is 11.2. The van der Waals surface area contributed by atoms with Crippen LogP contribution in [0.3, 0.4) is 0 Å². The summed E-state index contributed by atoms with van der Waals surface area (Å²) < 4.78 is 30.3. The summed E-state index contributed by atoms with van der Waals surface area (Å²) in [5.74, 6) is 0. The van der Waals surface area contributed by atoms with Crippen LogP contribution >= 0.6 is 0 Å². The minimum atomic E-state index is -4.30. The summed E-state index contributed by atoms with van der Waals surface area (Å²) in [6.07, 6.45) is 0.415. The van der Waals surface area contributed by atoms with E-state index in [0.717, 1.165) is 0 Å². The van der Waals surface area contributed by atoms with Crippen molar-refractivity contribution in [1.82, 2.24) is 0 Å². The third-order valence-corrected chi connectivity index (χ3v) is 2.59. The Morgan fingerprint density at radius 1 is 1.38 bits per heavy atom. The lowest BCUT2D eigenvalue weighted by Crippen LogP contribution is -2.03. The maximum atomic E-state index is 10.8. The maximum Gasteiger partial charge on any atom is 0.295 e. The second kappa shape index (κ2) is 3.27. The number of carbonyl (C=O) groups is 1. The number of aryl methyl sites for hydroxylation is 1. The summed E-state index contributed by atoms with van der Waals surface area (Å²) in [6, 6.07) is 4.25. The standard InChI is InChI=1S/C8H8O4S/c1-6-3-2-4-8(7(6)5-9)13(10,11)12/h2-5H,1H3,(H,10,11,12). The molecule has 1 rings (SSSR count). The van der Waals surface area contributed by atoms with Gasteiger partial charge >= 0.3 is 0 Å². The molecular formula is C8H8O4S. The Morgan fingerprint density at radius 3 is 2.38 bits per heavy atom. The van der Waals surface area contributed by atoms with Gasteiger partial charge in [0.05, 0.1) is 0 Å². The van der Waals surface area contributed by atoms with Gasteiger partial charge in [-0.2, -0.15) is 8.42 Å². The number of aldehydes is 1. The first-order valence-electron chi connectivity index (χ1n) is 3.49. The molecule has 1 aromatic rings. The molecule has 1 N–H and O–H groups in total. The molecule has 0 saturated carbocycles. The van der Waals surface area contributed by atoms with E-state index in [-0.39, 0.29) is 10.5 Å². The highest BCUT2D eigenvalue weighted by molar-refractivity contribution is 7.86. The van der Waals surface area contributed by atoms with Crippen molar-refractivity contribution < 1.29 is 17.8 Å². The molecule has 1 aromatic carbocycles. The summed E-state index contributed by atoms with van der Waals surface area (Å²) in [5, 5.41) is 0. The zero-order chi connectivity index (χ0) is 10.1. The Labute approximate surface area is 76.0 Å². The van der Waals surface area contributed by atoms with Crippen molar-refractivity contribution in [2.45, 2.75) is 11.8 Å². The molecule has 70 valence electrons. The van der Waals surface area contributed by atoms with E-state index in [0.29, 0.717) is 11.8 Å². The fourth-order valence-electron chi connectivity index (χ4n) is 1.03. The Morgan fingerprint density at radius 2 is 2.00 bits per heavy atom. The fraction of sp³-hybridized carbons (Fsp3) is 0.125. The van der Waals surface area contributed by atoms with Crippen LogP contribution < -0.4 is 0 Å². The third kappa shape index (κ3) is 1.93. The van der Waals surface area contributed by atoms with Crippen LogP contribution in [0.2, 0.25) is 0 Å². The molecule has 0 bridgehead atoms. The first-order chi connectivity index (χ1) is 5.96. The van der Waals surface area contributed by atoms with Crippen molar-refractivity contribution in [2.75, 3.05) is 0 Å². The van der Waals surface area contributed by atoms with E-state index in [1.54, 1.807) is 13.0 Å². The molecule has 0 radical (unpaired) electrons. The highest BCUT2D eigenvalue weighted by Crippen LogP contribution is 2.16. The van der Waals surface area contributed by atoms with Gasteiger partial charge in [-0.25, -0.2) is 0 Å². The van der Waals surface area contributed by atoms with E-state index in [9.17, 15) is 13.2 Å². The monoisotopic (exact) mass is 200 g/mol. The molecule has 0 fully saturated rings. The lowest BCUT2D eigenvalue weighted by molar-refractivity contribution is 0.111. The van der Waals surface area contributed by atoms with Crippen molar-refractivity contribution in [3.63, 3.8) is 0 Å². The Kier molecular flexibility index (Phi) is 2.49. The fourth-order valence-corrected chi connectivity index (χ4v) is 1.77. The zero-order valence-corrected chi connectivity index (χ0v) is 7.71. The van der Waals surface area contributed by atoms with Crippen molar-refractivity contribution in [3.8, 4) is 0 Å². The van der Waals surface area contributed by atoms with Crippen LogP contribution in [-0.4, -0.2) is 19.3 Å². The van der Waals surface area contributed by atoms with Gasteiger partial charge in [-0.1, -0.05) is 12.1 Å². The van der Waals surface area contributed by atoms with E-state index >= 15 is 0 Å². The molecule has 0 heterocycles. The van der Waals surface area contributed by atoms with Gasteiger partial charge < -0.3 is 0 Å². The minimum Gasteiger partial charge on any atom is -0.298 e. The third-order valence-electron chi connectivity index (χ3n) is 1.68. The molecular weight excluding hydrogens is 192 g/mol. The smallest absolute Gasteiger partial charge is 0.295 e. The van der Waals surface area contributed by atoms with Gasteiger partial charge in [0.25, 0.3) is 10.1 Å². The second-order valence-corrected chi connectivity index (χ2v) is 3.97. The van der Waals surface area contributed by atoms with E-state index in [1.807, 2.05) is 0 Å². The summed E-state index contributed by atoms with van der Waals surface area (Å²) in [7, 11) is -4.30. The summed E-state index contributed by atoms with van der Waals surface area (Å²) in [5.41, 5.74) is 0.523. The predicted molar refractivity (Wildman–Crippen MR) is 46.4 cm³/mol. The van der Waals surface area contributed by atoms with Crippen molar-refractivity contribution in [2.24, 2.45) is 0 Å². The minimum absolute atomic E-state index is 0.00463. The predicted octanol–water partition coefficient (Wildman–Crippen LogP) is 1.05. The Balaban J connectivity index is 3.56. The van der Waals surface area contributed by atoms with Gasteiger partial charge in [-0.05, 0) is 18.6 Å². The molecule has 0 atom stereocenters. The number of hydrogen-bond acceptors (Lipinski definition) is 3. The van der Waals surface area contributed by atoms with Gasteiger partial charge in [0.2, 0.25) is 0 Å². The number of carbonyl (C=O) groups excluding carboxylic acids is 1. The topological polar surface area (TPSA) is 71.4 Å². The first kappa shape index (κ1) is 9.88. The molecule has 0 saturated heterocycles. The van der Waals surface area contributed by atoms with E-state index in [2.05, 4.69) is 0 Å². The summed E-state index contributed by atoms with van der Waals surface area (Å²) in [4.78, 5) is 10.2. The Hall–Kier alpha value is -1.20. The Bertz CT molecular complexity index is 433. The van der Waals surface area contributed by atoms with Crippen LogP contribution in [0.4, 0.5) is 0 Å². The molecule has 0 unspecified atom stereocenters. The molecule has 0 aliphatic carbocycles. The van der Waals surface area contributed by atoms with E-state index < -0.39 is 10.1 Å². The van der Waals surface area contributed by atoms with Gasteiger partial charge in [0.1, 0.15) is 4.90 Å². The lowest BCUT2D eigenvalue weighted by Gasteiger charge is -2.02. The van der Waals surface area contributed by atoms with E-state index in [4.69, 9.17) is 4.55 Å². The number of benzene rings is 1. The number of hydrogen-bond donors (Lipinski definition) is 1. The molecule has 0 spiro atoms. The number of rotatable bonds is 2. The molecule has 13 heavy (non-hydrogen) atoms. The van der Waals surface area contributed by atoms with Crippen LogP contribution in [0.15, 0.2) is 23.1 Å². The quantitative estimate of drug-likeness (QED) is 0.572. The molecule has 0 aromatic heterocycles. The van der Waals surface area contributed by atoms with Crippen LogP contribution in [0.5, 0.6) is 0 Å². The van der Waals surface area contributed by atoms with Crippen molar-refractivity contribution in [1.29, 1.82) is 0 Å². The van der Waals surface area contributed by atoms with Gasteiger partial charge in [-0.3, -0.25) is 9.35 Å². The highest BCUT2D eigenvalue weighted by atomic mass is 32.2. The highest BCUT2D eigenvalue weighted by Gasteiger charge is 2.15. The maximum absolute atomic E-state index is 10.8. The van der Waals surface area contributed by atoms with Crippen LogP contribution in [0.25, 0.3) is 0 Å². The van der Waals surface area contributed by atoms with Gasteiger partial charge in [-0.15, -0.1) is 0 Å². The lowest BCUT2D eigenvalue weighted by atomic mass is 10.1. The molecule has 5 heteroatoms. The van der Waals surface area contributed by atoms with E-state index in [1.165, 1.54) is 12.1 Å². The second-order valence-electron chi connectivity index (χ2n) is 2.58. The van der Waals surface area contributed by atoms with Crippen LogP contribution in [-0.2, 0) is 10.1 Å². The van der Waals surface area contributed by atoms with Crippen LogP contribution in [0.1, 0.15) is 15.9 Å². The van der Waals surface area contributed by atoms with Crippen molar-refractivity contribution >= 4 is 16.4 Å². The van der Waals surface area contributed by atoms with Crippen molar-refractivity contribution in [3.05, 3.63) is 29.3 Å². The summed E-state index contributed by atoms with van der Waals surface area (Å²) >= 11 is 0. The first-order valence-corrected chi connectivity index (χ1v) is 4.93. The average Bonchev–Trinajstić information content (AvgIpc) is 2.02. The average molecular weight is 200 g/mol. The molecule has 0 aliphatic rings. The molecule has 0 aliphatic heterocycles. The zero-order valence-electron chi connectivity index (χ0n) is 6.89. The molecule has 4 nitrogen and oxygen atoms in total. The van der Waals surface area contributed by atoms with Gasteiger partial charge in [0, 0.05) is 5.56 Å². The molecule has 0 amide bonds. The van der Waals surface area contributed by atoms with Crippen LogP contribution in [0, 0.1) is 6.92 Å².